The molecule has 30 heavy (non-hydrogen) atoms. The molecule has 0 atom stereocenters. The summed E-state index contributed by atoms with van der Waals surface area (Å²) in [4.78, 5) is 16.6. The minimum Gasteiger partial charge on any atom is -0.497 e. The topological polar surface area (TPSA) is 95.1 Å². The Morgan fingerprint density at radius 2 is 2.07 bits per heavy atom. The summed E-state index contributed by atoms with van der Waals surface area (Å²) in [6, 6.07) is 14.8. The summed E-state index contributed by atoms with van der Waals surface area (Å²) >= 11 is 6.24. The van der Waals surface area contributed by atoms with Gasteiger partial charge >= 0.3 is 11.8 Å². The van der Waals surface area contributed by atoms with Crippen LogP contribution in [0.25, 0.3) is 17.1 Å². The Morgan fingerprint density at radius 3 is 2.87 bits per heavy atom. The van der Waals surface area contributed by atoms with E-state index in [-0.39, 0.29) is 11.7 Å². The normalized spacial score (nSPS) is 10.8. The Balaban J connectivity index is 1.50. The van der Waals surface area contributed by atoms with E-state index in [4.69, 9.17) is 20.9 Å². The van der Waals surface area contributed by atoms with E-state index in [1.807, 2.05) is 49.4 Å². The number of hydrogen-bond donors (Lipinski definition) is 1. The average Bonchev–Trinajstić information content (AvgIpc) is 3.39. The van der Waals surface area contributed by atoms with Gasteiger partial charge in [0.15, 0.2) is 0 Å². The van der Waals surface area contributed by atoms with Crippen molar-refractivity contribution in [1.82, 2.24) is 25.2 Å². The van der Waals surface area contributed by atoms with Crippen LogP contribution in [-0.4, -0.2) is 32.9 Å². The van der Waals surface area contributed by atoms with E-state index >= 15 is 0 Å². The SMILES string of the molecule is COc1cccc(CNC(=O)c2nc(-c3cn(-c4ccccc4Cl)nc3C)no2)c1. The van der Waals surface area contributed by atoms with Crippen molar-refractivity contribution >= 4 is 17.5 Å². The number of para-hydroxylation sites is 1. The maximum absolute atomic E-state index is 12.4. The van der Waals surface area contributed by atoms with Crippen LogP contribution in [0.5, 0.6) is 5.75 Å². The molecule has 9 heteroatoms. The molecule has 4 aromatic rings. The van der Waals surface area contributed by atoms with Crippen molar-refractivity contribution in [3.63, 3.8) is 0 Å². The summed E-state index contributed by atoms with van der Waals surface area (Å²) in [5, 5.41) is 11.7. The Morgan fingerprint density at radius 1 is 1.23 bits per heavy atom. The lowest BCUT2D eigenvalue weighted by molar-refractivity contribution is 0.0907. The Kier molecular flexibility index (Phi) is 5.49. The van der Waals surface area contributed by atoms with Gasteiger partial charge in [-0.1, -0.05) is 41.0 Å². The number of rotatable bonds is 6. The highest BCUT2D eigenvalue weighted by atomic mass is 35.5. The molecular formula is C21H18ClN5O3. The molecule has 0 aliphatic rings. The fourth-order valence-corrected chi connectivity index (χ4v) is 3.13. The lowest BCUT2D eigenvalue weighted by Gasteiger charge is -2.04. The first kappa shape index (κ1) is 19.7. The molecule has 0 saturated heterocycles. The van der Waals surface area contributed by atoms with Gasteiger partial charge in [-0.25, -0.2) is 4.68 Å². The molecule has 0 unspecified atom stereocenters. The fraction of sp³-hybridized carbons (Fsp3) is 0.143. The van der Waals surface area contributed by atoms with Crippen molar-refractivity contribution in [2.75, 3.05) is 7.11 Å². The molecule has 1 amide bonds. The summed E-state index contributed by atoms with van der Waals surface area (Å²) in [6.45, 7) is 2.12. The second-order valence-corrected chi connectivity index (χ2v) is 6.89. The highest BCUT2D eigenvalue weighted by molar-refractivity contribution is 6.32. The van der Waals surface area contributed by atoms with Gasteiger partial charge in [0.25, 0.3) is 0 Å². The van der Waals surface area contributed by atoms with Crippen LogP contribution in [0.2, 0.25) is 5.02 Å². The number of carbonyl (C=O) groups is 1. The lowest BCUT2D eigenvalue weighted by atomic mass is 10.2. The largest absolute Gasteiger partial charge is 0.497 e. The molecule has 1 N–H and O–H groups in total. The number of aromatic nitrogens is 4. The standard InChI is InChI=1S/C21H18ClN5O3/c1-13-16(12-27(25-13)18-9-4-3-8-17(18)22)19-24-21(30-26-19)20(28)23-11-14-6-5-7-15(10-14)29-2/h3-10,12H,11H2,1-2H3,(H,23,28). The van der Waals surface area contributed by atoms with E-state index < -0.39 is 5.91 Å². The van der Waals surface area contributed by atoms with Gasteiger partial charge in [0.2, 0.25) is 5.82 Å². The first-order valence-electron chi connectivity index (χ1n) is 9.11. The second kappa shape index (κ2) is 8.38. The van der Waals surface area contributed by atoms with Crippen molar-refractivity contribution in [3.05, 3.63) is 76.9 Å². The zero-order valence-corrected chi connectivity index (χ0v) is 17.1. The van der Waals surface area contributed by atoms with Gasteiger partial charge in [0, 0.05) is 12.7 Å². The number of hydrogen-bond acceptors (Lipinski definition) is 6. The zero-order chi connectivity index (χ0) is 21.1. The van der Waals surface area contributed by atoms with E-state index in [1.165, 1.54) is 0 Å². The molecule has 152 valence electrons. The first-order chi connectivity index (χ1) is 14.5. The zero-order valence-electron chi connectivity index (χ0n) is 16.3. The Hall–Kier alpha value is -3.65. The fourth-order valence-electron chi connectivity index (χ4n) is 2.91. The molecule has 8 nitrogen and oxygen atoms in total. The predicted octanol–water partition coefficient (Wildman–Crippen LogP) is 3.82. The number of amides is 1. The van der Waals surface area contributed by atoms with Crippen LogP contribution in [0.4, 0.5) is 0 Å². The summed E-state index contributed by atoms with van der Waals surface area (Å²) in [5.41, 5.74) is 2.94. The van der Waals surface area contributed by atoms with E-state index in [0.29, 0.717) is 28.6 Å². The molecule has 2 heterocycles. The van der Waals surface area contributed by atoms with Crippen molar-refractivity contribution in [1.29, 1.82) is 0 Å². The van der Waals surface area contributed by atoms with Crippen LogP contribution >= 0.6 is 11.6 Å². The van der Waals surface area contributed by atoms with Gasteiger partial charge in [-0.05, 0) is 36.8 Å². The molecule has 0 spiro atoms. The molecular weight excluding hydrogens is 406 g/mol. The molecule has 2 aromatic carbocycles. The van der Waals surface area contributed by atoms with Gasteiger partial charge in [0.1, 0.15) is 5.75 Å². The number of nitrogens with zero attached hydrogens (tertiary/aromatic N) is 4. The highest BCUT2D eigenvalue weighted by Gasteiger charge is 2.19. The number of halogens is 1. The molecule has 0 bridgehead atoms. The van der Waals surface area contributed by atoms with Crippen LogP contribution < -0.4 is 10.1 Å². The van der Waals surface area contributed by atoms with Crippen molar-refractivity contribution in [2.45, 2.75) is 13.5 Å². The minimum atomic E-state index is -0.465. The lowest BCUT2D eigenvalue weighted by Crippen LogP contribution is -2.23. The van der Waals surface area contributed by atoms with Crippen LogP contribution in [0.1, 0.15) is 21.9 Å². The summed E-state index contributed by atoms with van der Waals surface area (Å²) in [6.07, 6.45) is 1.75. The molecule has 0 aliphatic heterocycles. The summed E-state index contributed by atoms with van der Waals surface area (Å²) < 4.78 is 12.0. The maximum Gasteiger partial charge on any atom is 0.316 e. The van der Waals surface area contributed by atoms with Gasteiger partial charge in [-0.2, -0.15) is 10.1 Å². The third-order valence-corrected chi connectivity index (χ3v) is 4.77. The van der Waals surface area contributed by atoms with Crippen LogP contribution in [-0.2, 0) is 6.54 Å². The number of benzene rings is 2. The van der Waals surface area contributed by atoms with Crippen molar-refractivity contribution in [3.8, 4) is 22.8 Å². The smallest absolute Gasteiger partial charge is 0.316 e. The van der Waals surface area contributed by atoms with Gasteiger partial charge in [0.05, 0.1) is 29.1 Å². The van der Waals surface area contributed by atoms with Crippen LogP contribution in [0.15, 0.2) is 59.3 Å². The molecule has 0 saturated carbocycles. The third-order valence-electron chi connectivity index (χ3n) is 4.45. The molecule has 0 aliphatic carbocycles. The van der Waals surface area contributed by atoms with Crippen molar-refractivity contribution < 1.29 is 14.1 Å². The second-order valence-electron chi connectivity index (χ2n) is 6.48. The van der Waals surface area contributed by atoms with Crippen LogP contribution in [0, 0.1) is 6.92 Å². The minimum absolute atomic E-state index is 0.127. The number of carbonyl (C=O) groups excluding carboxylic acids is 1. The maximum atomic E-state index is 12.4. The molecule has 2 aromatic heterocycles. The number of ether oxygens (including phenoxy) is 1. The molecule has 0 radical (unpaired) electrons. The van der Waals surface area contributed by atoms with Gasteiger partial charge in [-0.15, -0.1) is 0 Å². The number of nitrogens with one attached hydrogen (secondary N) is 1. The van der Waals surface area contributed by atoms with Gasteiger partial charge < -0.3 is 14.6 Å². The molecule has 0 fully saturated rings. The summed E-state index contributed by atoms with van der Waals surface area (Å²) in [5.74, 6) is 0.399. The Bertz CT molecular complexity index is 1200. The highest BCUT2D eigenvalue weighted by Crippen LogP contribution is 2.25. The first-order valence-corrected chi connectivity index (χ1v) is 9.49. The van der Waals surface area contributed by atoms with Crippen molar-refractivity contribution in [2.24, 2.45) is 0 Å². The quantitative estimate of drug-likeness (QED) is 0.506. The monoisotopic (exact) mass is 423 g/mol. The van der Waals surface area contributed by atoms with E-state index in [1.54, 1.807) is 24.1 Å². The van der Waals surface area contributed by atoms with Gasteiger partial charge in [-0.3, -0.25) is 4.79 Å². The Labute approximate surface area is 177 Å². The average molecular weight is 424 g/mol. The number of methoxy groups -OCH3 is 1. The van der Waals surface area contributed by atoms with E-state index in [9.17, 15) is 4.79 Å². The van der Waals surface area contributed by atoms with Crippen LogP contribution in [0.3, 0.4) is 0 Å². The third kappa shape index (κ3) is 4.04. The molecule has 4 rings (SSSR count). The van der Waals surface area contributed by atoms with E-state index in [2.05, 4.69) is 20.6 Å². The van der Waals surface area contributed by atoms with E-state index in [0.717, 1.165) is 11.3 Å². The predicted molar refractivity (Wildman–Crippen MR) is 111 cm³/mol. The number of aryl methyl sites for hydroxylation is 1. The summed E-state index contributed by atoms with van der Waals surface area (Å²) in [7, 11) is 1.59.